The number of hydrogen-bond acceptors (Lipinski definition) is 2. The molecule has 0 aliphatic rings. The number of nitrogens with one attached hydrogen (secondary N) is 1. The lowest BCUT2D eigenvalue weighted by Crippen LogP contribution is -2.29. The normalized spacial score (nSPS) is 13.7. The fourth-order valence-corrected chi connectivity index (χ4v) is 2.24. The third-order valence-electron chi connectivity index (χ3n) is 2.57. The fraction of sp³-hybridized carbons (Fsp3) is 0.571. The van der Waals surface area contributed by atoms with Crippen molar-refractivity contribution in [2.45, 2.75) is 39.8 Å². The Kier molecular flexibility index (Phi) is 5.76. The monoisotopic (exact) mass is 317 g/mol. The molecule has 0 saturated carbocycles. The van der Waals surface area contributed by atoms with E-state index in [1.165, 1.54) is 6.07 Å². The summed E-state index contributed by atoms with van der Waals surface area (Å²) in [6.07, 6.45) is 0.363. The first-order chi connectivity index (χ1) is 8.29. The topological polar surface area (TPSA) is 32.3 Å². The third kappa shape index (κ3) is 5.46. The molecule has 2 nitrogen and oxygen atoms in total. The average molecular weight is 318 g/mol. The van der Waals surface area contributed by atoms with Crippen LogP contribution < -0.4 is 5.32 Å². The second-order valence-electron chi connectivity index (χ2n) is 5.76. The summed E-state index contributed by atoms with van der Waals surface area (Å²) in [5.74, 6) is -0.260. The van der Waals surface area contributed by atoms with E-state index in [1.54, 1.807) is 6.07 Å². The lowest BCUT2D eigenvalue weighted by molar-refractivity contribution is 0.119. The van der Waals surface area contributed by atoms with Gasteiger partial charge in [-0.05, 0) is 39.4 Å². The first-order valence-electron chi connectivity index (χ1n) is 6.11. The van der Waals surface area contributed by atoms with Crippen molar-refractivity contribution >= 4 is 15.9 Å². The van der Waals surface area contributed by atoms with Crippen molar-refractivity contribution in [2.75, 3.05) is 6.54 Å². The lowest BCUT2D eigenvalue weighted by atomic mass is 9.89. The van der Waals surface area contributed by atoms with Crippen LogP contribution in [-0.4, -0.2) is 17.8 Å². The molecule has 102 valence electrons. The van der Waals surface area contributed by atoms with Crippen molar-refractivity contribution < 1.29 is 9.50 Å². The average Bonchev–Trinajstić information content (AvgIpc) is 2.21. The van der Waals surface area contributed by atoms with Gasteiger partial charge in [0.05, 0.1) is 10.6 Å². The van der Waals surface area contributed by atoms with Gasteiger partial charge in [-0.2, -0.15) is 0 Å². The minimum absolute atomic E-state index is 0.112. The van der Waals surface area contributed by atoms with Crippen molar-refractivity contribution in [3.05, 3.63) is 34.1 Å². The van der Waals surface area contributed by atoms with Crippen LogP contribution in [0.2, 0.25) is 0 Å². The number of aliphatic hydroxyl groups is 1. The molecule has 1 unspecified atom stereocenters. The predicted octanol–water partition coefficient (Wildman–Crippen LogP) is 3.47. The first-order valence-corrected chi connectivity index (χ1v) is 6.90. The van der Waals surface area contributed by atoms with E-state index in [2.05, 4.69) is 42.0 Å². The van der Waals surface area contributed by atoms with Gasteiger partial charge >= 0.3 is 0 Å². The summed E-state index contributed by atoms with van der Waals surface area (Å²) in [5, 5.41) is 13.0. The Hall–Kier alpha value is -0.450. The Morgan fingerprint density at radius 1 is 1.39 bits per heavy atom. The molecular weight excluding hydrogens is 297 g/mol. The van der Waals surface area contributed by atoms with Crippen molar-refractivity contribution in [1.29, 1.82) is 0 Å². The molecule has 0 aliphatic carbocycles. The highest BCUT2D eigenvalue weighted by atomic mass is 79.9. The van der Waals surface area contributed by atoms with Crippen LogP contribution in [0.15, 0.2) is 22.7 Å². The molecular formula is C14H21BrFNO. The van der Waals surface area contributed by atoms with Crippen LogP contribution in [0.25, 0.3) is 0 Å². The van der Waals surface area contributed by atoms with E-state index in [0.29, 0.717) is 17.6 Å². The van der Waals surface area contributed by atoms with Crippen LogP contribution in [0.5, 0.6) is 0 Å². The second kappa shape index (κ2) is 6.64. The van der Waals surface area contributed by atoms with E-state index in [0.717, 1.165) is 12.0 Å². The minimum atomic E-state index is -0.377. The van der Waals surface area contributed by atoms with Gasteiger partial charge in [0.25, 0.3) is 0 Å². The third-order valence-corrected chi connectivity index (χ3v) is 3.46. The molecule has 0 aliphatic heterocycles. The van der Waals surface area contributed by atoms with Gasteiger partial charge in [-0.3, -0.25) is 0 Å². The zero-order valence-electron chi connectivity index (χ0n) is 11.1. The molecule has 0 saturated heterocycles. The van der Waals surface area contributed by atoms with Crippen LogP contribution in [0.4, 0.5) is 4.39 Å². The van der Waals surface area contributed by atoms with Gasteiger partial charge in [-0.1, -0.05) is 32.9 Å². The Bertz CT molecular complexity index is 390. The van der Waals surface area contributed by atoms with Gasteiger partial charge in [0.2, 0.25) is 0 Å². The van der Waals surface area contributed by atoms with Gasteiger partial charge < -0.3 is 10.4 Å². The summed E-state index contributed by atoms with van der Waals surface area (Å²) in [6, 6.07) is 4.96. The molecule has 2 N–H and O–H groups in total. The quantitative estimate of drug-likeness (QED) is 0.871. The molecule has 1 aromatic rings. The van der Waals surface area contributed by atoms with E-state index in [-0.39, 0.29) is 17.3 Å². The summed E-state index contributed by atoms with van der Waals surface area (Å²) < 4.78 is 13.8. The molecule has 0 aromatic heterocycles. The van der Waals surface area contributed by atoms with Crippen molar-refractivity contribution in [3.8, 4) is 0 Å². The Morgan fingerprint density at radius 2 is 2.06 bits per heavy atom. The number of halogens is 2. The largest absolute Gasteiger partial charge is 0.392 e. The molecule has 1 aromatic carbocycles. The SMILES string of the molecule is CC(C)(C)CC(O)CNCc1cccc(F)c1Br. The maximum Gasteiger partial charge on any atom is 0.137 e. The second-order valence-corrected chi connectivity index (χ2v) is 6.56. The molecule has 18 heavy (non-hydrogen) atoms. The molecule has 0 fully saturated rings. The number of rotatable bonds is 5. The number of hydrogen-bond donors (Lipinski definition) is 2. The van der Waals surface area contributed by atoms with Crippen molar-refractivity contribution in [3.63, 3.8) is 0 Å². The Morgan fingerprint density at radius 3 is 2.67 bits per heavy atom. The van der Waals surface area contributed by atoms with Gasteiger partial charge in [0.1, 0.15) is 5.82 Å². The van der Waals surface area contributed by atoms with Gasteiger partial charge in [0, 0.05) is 13.1 Å². The molecule has 4 heteroatoms. The standard InChI is InChI=1S/C14H21BrFNO/c1-14(2,3)7-11(18)9-17-8-10-5-4-6-12(16)13(10)15/h4-6,11,17-18H,7-9H2,1-3H3. The molecule has 0 bridgehead atoms. The molecule has 1 rings (SSSR count). The van der Waals surface area contributed by atoms with E-state index in [4.69, 9.17) is 0 Å². The van der Waals surface area contributed by atoms with Crippen LogP contribution in [0.3, 0.4) is 0 Å². The highest BCUT2D eigenvalue weighted by molar-refractivity contribution is 9.10. The molecule has 0 amide bonds. The molecule has 0 radical (unpaired) electrons. The van der Waals surface area contributed by atoms with Crippen LogP contribution in [-0.2, 0) is 6.54 Å². The number of aliphatic hydroxyl groups excluding tert-OH is 1. The van der Waals surface area contributed by atoms with Crippen molar-refractivity contribution in [2.24, 2.45) is 5.41 Å². The van der Waals surface area contributed by atoms with Crippen LogP contribution in [0.1, 0.15) is 32.8 Å². The maximum absolute atomic E-state index is 13.3. The van der Waals surface area contributed by atoms with E-state index in [1.807, 2.05) is 6.07 Å². The Labute approximate surface area is 117 Å². The summed E-state index contributed by atoms with van der Waals surface area (Å²) in [4.78, 5) is 0. The molecule has 0 spiro atoms. The van der Waals surface area contributed by atoms with Crippen LogP contribution >= 0.6 is 15.9 Å². The zero-order valence-corrected chi connectivity index (χ0v) is 12.7. The van der Waals surface area contributed by atoms with Gasteiger partial charge in [0.15, 0.2) is 0 Å². The minimum Gasteiger partial charge on any atom is -0.392 e. The maximum atomic E-state index is 13.3. The summed E-state index contributed by atoms with van der Waals surface area (Å²) >= 11 is 3.22. The van der Waals surface area contributed by atoms with Crippen LogP contribution in [0, 0.1) is 11.2 Å². The van der Waals surface area contributed by atoms with E-state index < -0.39 is 0 Å². The molecule has 1 atom stereocenters. The van der Waals surface area contributed by atoms with Crippen molar-refractivity contribution in [1.82, 2.24) is 5.32 Å². The Balaban J connectivity index is 2.40. The molecule has 0 heterocycles. The summed E-state index contributed by atoms with van der Waals surface area (Å²) in [6.45, 7) is 7.35. The van der Waals surface area contributed by atoms with Gasteiger partial charge in [-0.25, -0.2) is 4.39 Å². The highest BCUT2D eigenvalue weighted by Crippen LogP contribution is 2.21. The summed E-state index contributed by atoms with van der Waals surface area (Å²) in [5.41, 5.74) is 0.971. The predicted molar refractivity (Wildman–Crippen MR) is 75.9 cm³/mol. The first kappa shape index (κ1) is 15.6. The van der Waals surface area contributed by atoms with E-state index in [9.17, 15) is 9.50 Å². The smallest absolute Gasteiger partial charge is 0.137 e. The number of benzene rings is 1. The zero-order chi connectivity index (χ0) is 13.8. The summed E-state index contributed by atoms with van der Waals surface area (Å²) in [7, 11) is 0. The van der Waals surface area contributed by atoms with Gasteiger partial charge in [-0.15, -0.1) is 0 Å². The highest BCUT2D eigenvalue weighted by Gasteiger charge is 2.16. The fourth-order valence-electron chi connectivity index (χ4n) is 1.84. The van der Waals surface area contributed by atoms with E-state index >= 15 is 0 Å². The lowest BCUT2D eigenvalue weighted by Gasteiger charge is -2.22.